The van der Waals surface area contributed by atoms with Crippen LogP contribution in [0.1, 0.15) is 0 Å². The van der Waals surface area contributed by atoms with E-state index < -0.39 is 10.1 Å². The summed E-state index contributed by atoms with van der Waals surface area (Å²) in [6, 6.07) is 24.0. The van der Waals surface area contributed by atoms with Gasteiger partial charge in [-0.15, -0.1) is 0 Å². The van der Waals surface area contributed by atoms with E-state index in [1.807, 2.05) is 54.6 Å². The minimum absolute atomic E-state index is 0. The third kappa shape index (κ3) is 3.24. The Balaban J connectivity index is 0.00000182. The monoisotopic (exact) mass is 356 g/mol. The summed E-state index contributed by atoms with van der Waals surface area (Å²) in [7, 11) is -4.63. The van der Waals surface area contributed by atoms with E-state index in [1.165, 1.54) is 0 Å². The quantitative estimate of drug-likeness (QED) is 0.405. The Bertz CT molecular complexity index is 1180. The molecule has 4 aromatic carbocycles. The molecule has 0 radical (unpaired) electrons. The molecule has 0 atom stereocenters. The third-order valence-corrected chi connectivity index (χ3v) is 5.15. The fraction of sp³-hybridized carbons (Fsp3) is 0. The van der Waals surface area contributed by atoms with Gasteiger partial charge in [0.15, 0.2) is 0 Å². The topological polar surface area (TPSA) is 57.2 Å². The fourth-order valence-electron chi connectivity index (χ4n) is 3.18. The minimum Gasteiger partial charge on any atom is -0.744 e. The van der Waals surface area contributed by atoms with Gasteiger partial charge in [0.05, 0.1) is 4.90 Å². The summed E-state index contributed by atoms with van der Waals surface area (Å²) in [6.45, 7) is 0. The number of benzene rings is 4. The second-order valence-corrected chi connectivity index (χ2v) is 6.96. The summed E-state index contributed by atoms with van der Waals surface area (Å²) in [4.78, 5) is -0.156. The molecule has 5 heteroatoms. The number of hydrogen-bond acceptors (Lipinski definition) is 3. The molecule has 0 unspecified atom stereocenters. The first-order valence-corrected chi connectivity index (χ1v) is 8.92. The average Bonchev–Trinajstić information content (AvgIpc) is 2.59. The molecule has 0 amide bonds. The van der Waals surface area contributed by atoms with E-state index in [-0.39, 0.29) is 34.5 Å². The number of fused-ring (bicyclic) bond motifs is 2. The zero-order chi connectivity index (χ0) is 16.7. The van der Waals surface area contributed by atoms with Gasteiger partial charge in [-0.25, -0.2) is 8.42 Å². The van der Waals surface area contributed by atoms with Crippen molar-refractivity contribution < 1.29 is 42.5 Å². The van der Waals surface area contributed by atoms with Crippen LogP contribution in [0.4, 0.5) is 0 Å². The molecule has 118 valence electrons. The molecule has 4 aromatic rings. The van der Waals surface area contributed by atoms with Crippen LogP contribution in [0.25, 0.3) is 32.7 Å². The Kier molecular flexibility index (Phi) is 5.00. The van der Waals surface area contributed by atoms with E-state index >= 15 is 0 Å². The first-order valence-electron chi connectivity index (χ1n) is 7.51. The smallest absolute Gasteiger partial charge is 0.744 e. The summed E-state index contributed by atoms with van der Waals surface area (Å²) >= 11 is 0. The van der Waals surface area contributed by atoms with E-state index in [2.05, 4.69) is 0 Å². The molecule has 0 heterocycles. The summed E-state index contributed by atoms with van der Waals surface area (Å²) in [5.74, 6) is 0. The van der Waals surface area contributed by atoms with Gasteiger partial charge in [0.1, 0.15) is 10.1 Å². The van der Waals surface area contributed by atoms with Gasteiger partial charge in [0.25, 0.3) is 0 Å². The Morgan fingerprint density at radius 3 is 1.84 bits per heavy atom. The molecule has 3 nitrogen and oxygen atoms in total. The van der Waals surface area contributed by atoms with Gasteiger partial charge in [-0.1, -0.05) is 78.9 Å². The van der Waals surface area contributed by atoms with E-state index in [0.29, 0.717) is 10.9 Å². The maximum Gasteiger partial charge on any atom is 1.00 e. The predicted molar refractivity (Wildman–Crippen MR) is 94.9 cm³/mol. The minimum atomic E-state index is -4.63. The zero-order valence-electron chi connectivity index (χ0n) is 13.6. The first kappa shape index (κ1) is 18.1. The van der Waals surface area contributed by atoms with E-state index in [9.17, 15) is 13.0 Å². The van der Waals surface area contributed by atoms with Crippen molar-refractivity contribution in [2.75, 3.05) is 0 Å². The molecule has 0 saturated carbocycles. The van der Waals surface area contributed by atoms with Crippen molar-refractivity contribution in [1.29, 1.82) is 0 Å². The third-order valence-electron chi connectivity index (χ3n) is 4.21. The van der Waals surface area contributed by atoms with Gasteiger partial charge in [-0.05, 0) is 27.1 Å². The predicted octanol–water partition coefficient (Wildman–Crippen LogP) is 1.57. The Morgan fingerprint density at radius 1 is 0.600 bits per heavy atom. The second-order valence-electron chi connectivity index (χ2n) is 5.64. The summed E-state index contributed by atoms with van der Waals surface area (Å²) < 4.78 is 36.1. The Labute approximate surface area is 168 Å². The van der Waals surface area contributed by atoms with Crippen LogP contribution in [0.5, 0.6) is 0 Å². The molecule has 0 aliphatic heterocycles. The van der Waals surface area contributed by atoms with Crippen LogP contribution in [0.2, 0.25) is 0 Å². The maximum absolute atomic E-state index is 12.0. The Morgan fingerprint density at radius 2 is 1.16 bits per heavy atom. The molecule has 0 fully saturated rings. The molecule has 0 N–H and O–H groups in total. The van der Waals surface area contributed by atoms with Crippen molar-refractivity contribution in [3.05, 3.63) is 78.9 Å². The largest absolute Gasteiger partial charge is 1.00 e. The molecule has 25 heavy (non-hydrogen) atoms. The molecule has 0 saturated heterocycles. The average molecular weight is 356 g/mol. The van der Waals surface area contributed by atoms with Crippen molar-refractivity contribution >= 4 is 31.7 Å². The van der Waals surface area contributed by atoms with Gasteiger partial charge in [-0.2, -0.15) is 0 Å². The van der Waals surface area contributed by atoms with Crippen molar-refractivity contribution in [1.82, 2.24) is 0 Å². The molecular weight excluding hydrogens is 343 g/mol. The van der Waals surface area contributed by atoms with Gasteiger partial charge in [0.2, 0.25) is 0 Å². The van der Waals surface area contributed by atoms with Crippen LogP contribution in [0.3, 0.4) is 0 Å². The standard InChI is InChI=1S/C20H14O3S.Na/c21-24(22,23)20-17-10-4-2-7-15(17)12-13-19(20)18-11-5-8-14-6-1-3-9-16(14)18;/h1-13H,(H,21,22,23);/q;+1/p-1. The molecular formula is C20H13NaO3S. The molecule has 0 aliphatic rings. The van der Waals surface area contributed by atoms with Gasteiger partial charge in [-0.3, -0.25) is 0 Å². The van der Waals surface area contributed by atoms with Gasteiger partial charge < -0.3 is 4.55 Å². The van der Waals surface area contributed by atoms with Crippen LogP contribution < -0.4 is 29.6 Å². The summed E-state index contributed by atoms with van der Waals surface area (Å²) in [5.41, 5.74) is 1.19. The number of rotatable bonds is 2. The maximum atomic E-state index is 12.0. The van der Waals surface area contributed by atoms with Crippen LogP contribution in [0.15, 0.2) is 83.8 Å². The molecule has 4 rings (SSSR count). The molecule has 0 spiro atoms. The van der Waals surface area contributed by atoms with Crippen molar-refractivity contribution in [2.45, 2.75) is 4.90 Å². The molecule has 0 bridgehead atoms. The normalized spacial score (nSPS) is 11.4. The van der Waals surface area contributed by atoms with Crippen LogP contribution in [-0.4, -0.2) is 13.0 Å². The van der Waals surface area contributed by atoms with Gasteiger partial charge in [0, 0.05) is 5.56 Å². The van der Waals surface area contributed by atoms with Crippen LogP contribution >= 0.6 is 0 Å². The molecule has 0 aliphatic carbocycles. The number of hydrogen-bond donors (Lipinski definition) is 0. The van der Waals surface area contributed by atoms with Crippen molar-refractivity contribution in [3.8, 4) is 11.1 Å². The second kappa shape index (κ2) is 6.90. The van der Waals surface area contributed by atoms with Crippen molar-refractivity contribution in [3.63, 3.8) is 0 Å². The van der Waals surface area contributed by atoms with Crippen molar-refractivity contribution in [2.24, 2.45) is 0 Å². The van der Waals surface area contributed by atoms with Crippen LogP contribution in [-0.2, 0) is 10.1 Å². The van der Waals surface area contributed by atoms with E-state index in [4.69, 9.17) is 0 Å². The summed E-state index contributed by atoms with van der Waals surface area (Å²) in [6.07, 6.45) is 0. The van der Waals surface area contributed by atoms with Gasteiger partial charge >= 0.3 is 29.6 Å². The zero-order valence-corrected chi connectivity index (χ0v) is 16.5. The summed E-state index contributed by atoms with van der Waals surface area (Å²) in [5, 5.41) is 3.10. The van der Waals surface area contributed by atoms with E-state index in [1.54, 1.807) is 24.3 Å². The SMILES string of the molecule is O=S(=O)([O-])c1c(-c2cccc3ccccc23)ccc2ccccc12.[Na+]. The fourth-order valence-corrected chi connectivity index (χ4v) is 4.09. The Hall–Kier alpha value is -1.69. The molecule has 0 aromatic heterocycles. The van der Waals surface area contributed by atoms with E-state index in [0.717, 1.165) is 21.7 Å². The first-order chi connectivity index (χ1) is 11.6. The van der Waals surface area contributed by atoms with Crippen LogP contribution in [0, 0.1) is 0 Å².